The van der Waals surface area contributed by atoms with Crippen molar-refractivity contribution in [1.82, 2.24) is 20.3 Å². The highest BCUT2D eigenvalue weighted by Crippen LogP contribution is 2.14. The molecule has 1 amide bonds. The smallest absolute Gasteiger partial charge is 0.325 e. The lowest BCUT2D eigenvalue weighted by Crippen LogP contribution is -2.30. The Hall–Kier alpha value is -2.75. The zero-order valence-electron chi connectivity index (χ0n) is 13.6. The van der Waals surface area contributed by atoms with Crippen LogP contribution in [0.3, 0.4) is 0 Å². The van der Waals surface area contributed by atoms with E-state index in [1.54, 1.807) is 25.1 Å². The van der Waals surface area contributed by atoms with Crippen LogP contribution < -0.4 is 16.0 Å². The summed E-state index contributed by atoms with van der Waals surface area (Å²) < 4.78 is 5.03. The van der Waals surface area contributed by atoms with Crippen molar-refractivity contribution in [2.24, 2.45) is 0 Å². The number of nitrogen functional groups attached to an aromatic ring is 1. The normalized spacial score (nSPS) is 10.3. The maximum atomic E-state index is 11.8. The summed E-state index contributed by atoms with van der Waals surface area (Å²) in [6.07, 6.45) is 0. The molecule has 2 aromatic rings. The van der Waals surface area contributed by atoms with Crippen molar-refractivity contribution in [3.05, 3.63) is 27.7 Å². The van der Waals surface area contributed by atoms with E-state index in [4.69, 9.17) is 10.5 Å². The molecular weight excluding hydrogens is 332 g/mol. The maximum absolute atomic E-state index is 11.8. The zero-order valence-corrected chi connectivity index (χ0v) is 14.4. The minimum Gasteiger partial charge on any atom is -0.456 e. The Labute approximate surface area is 142 Å². The molecule has 0 bridgehead atoms. The first kappa shape index (κ1) is 17.6. The number of hydrogen-bond acceptors (Lipinski definition) is 9. The van der Waals surface area contributed by atoms with Crippen molar-refractivity contribution < 1.29 is 14.3 Å². The lowest BCUT2D eigenvalue weighted by molar-refractivity contribution is -0.143. The van der Waals surface area contributed by atoms with Gasteiger partial charge in [-0.3, -0.25) is 9.59 Å². The van der Waals surface area contributed by atoms with Crippen molar-refractivity contribution >= 4 is 35.1 Å². The predicted molar refractivity (Wildman–Crippen MR) is 89.8 cm³/mol. The molecule has 0 spiro atoms. The van der Waals surface area contributed by atoms with Crippen LogP contribution in [0.15, 0.2) is 12.1 Å². The van der Waals surface area contributed by atoms with E-state index in [0.29, 0.717) is 10.8 Å². The van der Waals surface area contributed by atoms with E-state index in [1.165, 1.54) is 11.3 Å². The summed E-state index contributed by atoms with van der Waals surface area (Å²) in [4.78, 5) is 38.7. The lowest BCUT2D eigenvalue weighted by atomic mass is 10.4. The van der Waals surface area contributed by atoms with Crippen molar-refractivity contribution in [3.63, 3.8) is 0 Å². The molecule has 0 aromatic carbocycles. The second kappa shape index (κ2) is 7.68. The van der Waals surface area contributed by atoms with Gasteiger partial charge in [0.05, 0.1) is 4.88 Å². The van der Waals surface area contributed by atoms with Crippen molar-refractivity contribution in [2.45, 2.75) is 13.5 Å². The Morgan fingerprint density at radius 1 is 1.29 bits per heavy atom. The highest BCUT2D eigenvalue weighted by Gasteiger charge is 2.12. The van der Waals surface area contributed by atoms with Gasteiger partial charge in [0.25, 0.3) is 5.91 Å². The SMILES string of the molecule is Cc1ccc(C(=O)NCC(=O)OCc2nc(N)nc(N(C)C)n2)s1. The van der Waals surface area contributed by atoms with E-state index >= 15 is 0 Å². The third-order valence-corrected chi connectivity index (χ3v) is 3.81. The molecule has 10 heteroatoms. The summed E-state index contributed by atoms with van der Waals surface area (Å²) in [6.45, 7) is 1.51. The Balaban J connectivity index is 1.84. The first-order chi connectivity index (χ1) is 11.3. The molecule has 2 rings (SSSR count). The Morgan fingerprint density at radius 3 is 2.67 bits per heavy atom. The van der Waals surface area contributed by atoms with Crippen LogP contribution in [0, 0.1) is 6.92 Å². The van der Waals surface area contributed by atoms with Crippen LogP contribution in [0.1, 0.15) is 20.4 Å². The molecular formula is C14H18N6O3S. The minimum absolute atomic E-state index is 0.0427. The third kappa shape index (κ3) is 4.88. The van der Waals surface area contributed by atoms with Gasteiger partial charge in [-0.25, -0.2) is 0 Å². The number of anilines is 2. The van der Waals surface area contributed by atoms with Crippen LogP contribution in [0.5, 0.6) is 0 Å². The number of thiophene rings is 1. The number of rotatable bonds is 6. The topological polar surface area (TPSA) is 123 Å². The maximum Gasteiger partial charge on any atom is 0.325 e. The number of hydrogen-bond donors (Lipinski definition) is 2. The number of nitrogens with one attached hydrogen (secondary N) is 1. The van der Waals surface area contributed by atoms with Gasteiger partial charge < -0.3 is 20.7 Å². The van der Waals surface area contributed by atoms with Gasteiger partial charge in [-0.05, 0) is 19.1 Å². The second-order valence-corrected chi connectivity index (χ2v) is 6.35. The number of carbonyl (C=O) groups is 2. The zero-order chi connectivity index (χ0) is 17.7. The first-order valence-electron chi connectivity index (χ1n) is 7.03. The third-order valence-electron chi connectivity index (χ3n) is 2.81. The van der Waals surface area contributed by atoms with E-state index < -0.39 is 5.97 Å². The summed E-state index contributed by atoms with van der Waals surface area (Å²) in [5, 5.41) is 2.50. The fourth-order valence-electron chi connectivity index (χ4n) is 1.68. The summed E-state index contributed by atoms with van der Waals surface area (Å²) >= 11 is 1.35. The molecule has 2 heterocycles. The number of ether oxygens (including phenoxy) is 1. The van der Waals surface area contributed by atoms with E-state index in [-0.39, 0.29) is 30.8 Å². The van der Waals surface area contributed by atoms with E-state index in [2.05, 4.69) is 20.3 Å². The summed E-state index contributed by atoms with van der Waals surface area (Å²) in [7, 11) is 3.51. The van der Waals surface area contributed by atoms with Gasteiger partial charge in [0, 0.05) is 19.0 Å². The molecule has 0 radical (unpaired) electrons. The molecule has 2 aromatic heterocycles. The number of carbonyl (C=O) groups excluding carboxylic acids is 2. The van der Waals surface area contributed by atoms with Gasteiger partial charge in [-0.15, -0.1) is 11.3 Å². The largest absolute Gasteiger partial charge is 0.456 e. The van der Waals surface area contributed by atoms with Gasteiger partial charge in [0.2, 0.25) is 11.9 Å². The van der Waals surface area contributed by atoms with Gasteiger partial charge in [-0.1, -0.05) is 0 Å². The molecule has 0 atom stereocenters. The van der Waals surface area contributed by atoms with Crippen molar-refractivity contribution in [1.29, 1.82) is 0 Å². The molecule has 3 N–H and O–H groups in total. The van der Waals surface area contributed by atoms with Crippen LogP contribution >= 0.6 is 11.3 Å². The fourth-order valence-corrected chi connectivity index (χ4v) is 2.47. The van der Waals surface area contributed by atoms with Gasteiger partial charge in [-0.2, -0.15) is 15.0 Å². The van der Waals surface area contributed by atoms with Gasteiger partial charge in [0.1, 0.15) is 6.54 Å². The number of aryl methyl sites for hydroxylation is 1. The van der Waals surface area contributed by atoms with Crippen LogP contribution in [0.4, 0.5) is 11.9 Å². The van der Waals surface area contributed by atoms with Crippen molar-refractivity contribution in [3.8, 4) is 0 Å². The van der Waals surface area contributed by atoms with Crippen LogP contribution in [0.2, 0.25) is 0 Å². The predicted octanol–water partition coefficient (Wildman–Crippen LogP) is 0.363. The fraction of sp³-hybridized carbons (Fsp3) is 0.357. The molecule has 0 unspecified atom stereocenters. The average molecular weight is 350 g/mol. The molecule has 0 aliphatic heterocycles. The molecule has 0 saturated carbocycles. The number of nitrogens with two attached hydrogens (primary N) is 1. The van der Waals surface area contributed by atoms with Crippen LogP contribution in [-0.4, -0.2) is 47.5 Å². The van der Waals surface area contributed by atoms with Crippen molar-refractivity contribution in [2.75, 3.05) is 31.3 Å². The number of nitrogens with zero attached hydrogens (tertiary/aromatic N) is 4. The van der Waals surface area contributed by atoms with E-state index in [1.807, 2.05) is 13.0 Å². The minimum atomic E-state index is -0.595. The Bertz CT molecular complexity index is 746. The molecule has 0 aliphatic rings. The molecule has 0 fully saturated rings. The monoisotopic (exact) mass is 350 g/mol. The molecule has 24 heavy (non-hydrogen) atoms. The van der Waals surface area contributed by atoms with Gasteiger partial charge >= 0.3 is 5.97 Å². The number of amides is 1. The average Bonchev–Trinajstić information content (AvgIpc) is 2.96. The first-order valence-corrected chi connectivity index (χ1v) is 7.85. The summed E-state index contributed by atoms with van der Waals surface area (Å²) in [6, 6.07) is 3.54. The molecule has 128 valence electrons. The highest BCUT2D eigenvalue weighted by molar-refractivity contribution is 7.13. The second-order valence-electron chi connectivity index (χ2n) is 5.06. The van der Waals surface area contributed by atoms with Crippen LogP contribution in [-0.2, 0) is 16.1 Å². The Morgan fingerprint density at radius 2 is 2.04 bits per heavy atom. The number of esters is 1. The molecule has 9 nitrogen and oxygen atoms in total. The lowest BCUT2D eigenvalue weighted by Gasteiger charge is -2.11. The Kier molecular flexibility index (Phi) is 5.64. The van der Waals surface area contributed by atoms with Crippen LogP contribution in [0.25, 0.3) is 0 Å². The standard InChI is InChI=1S/C14H18N6O3S/c1-8-4-5-9(24-8)12(22)16-6-11(21)23-7-10-17-13(15)19-14(18-10)20(2)3/h4-5H,6-7H2,1-3H3,(H,16,22)(H2,15,17,18,19). The van der Waals surface area contributed by atoms with E-state index in [0.717, 1.165) is 4.88 Å². The molecule has 0 saturated heterocycles. The highest BCUT2D eigenvalue weighted by atomic mass is 32.1. The number of aromatic nitrogens is 3. The van der Waals surface area contributed by atoms with E-state index in [9.17, 15) is 9.59 Å². The summed E-state index contributed by atoms with van der Waals surface area (Å²) in [5.41, 5.74) is 5.58. The molecule has 0 aliphatic carbocycles. The summed E-state index contributed by atoms with van der Waals surface area (Å²) in [5.74, 6) is -0.262. The quantitative estimate of drug-likeness (QED) is 0.716. The van der Waals surface area contributed by atoms with Gasteiger partial charge in [0.15, 0.2) is 12.4 Å².